The zero-order chi connectivity index (χ0) is 9.84. The Morgan fingerprint density at radius 2 is 2.38 bits per heavy atom. The summed E-state index contributed by atoms with van der Waals surface area (Å²) in [5, 5.41) is 16.9. The third kappa shape index (κ3) is 2.58. The summed E-state index contributed by atoms with van der Waals surface area (Å²) in [5.41, 5.74) is 0.763. The number of H-pyrrole nitrogens is 1. The standard InChI is InChI=1S/C7H9N3O3/c1-4-3-8-10-7(4)9-5(11)2-6(12)13/h3H,2H2,1H3,(H,12,13)(H2,8,9,10,11). The lowest BCUT2D eigenvalue weighted by Crippen LogP contribution is -2.16. The molecule has 0 spiro atoms. The van der Waals surface area contributed by atoms with Crippen LogP contribution in [0.25, 0.3) is 0 Å². The Kier molecular flexibility index (Phi) is 2.63. The van der Waals surface area contributed by atoms with E-state index in [4.69, 9.17) is 5.11 Å². The van der Waals surface area contributed by atoms with Crippen LogP contribution in [0.3, 0.4) is 0 Å². The van der Waals surface area contributed by atoms with Crippen LogP contribution in [0.1, 0.15) is 12.0 Å². The van der Waals surface area contributed by atoms with E-state index in [1.807, 2.05) is 0 Å². The smallest absolute Gasteiger partial charge is 0.312 e. The quantitative estimate of drug-likeness (QED) is 0.580. The first-order chi connectivity index (χ1) is 6.09. The summed E-state index contributed by atoms with van der Waals surface area (Å²) >= 11 is 0. The fourth-order valence-corrected chi connectivity index (χ4v) is 0.794. The number of nitrogens with one attached hydrogen (secondary N) is 2. The van der Waals surface area contributed by atoms with Gasteiger partial charge < -0.3 is 10.4 Å². The number of aliphatic carboxylic acids is 1. The number of nitrogens with zero attached hydrogens (tertiary/aromatic N) is 1. The van der Waals surface area contributed by atoms with E-state index in [-0.39, 0.29) is 0 Å². The minimum Gasteiger partial charge on any atom is -0.481 e. The van der Waals surface area contributed by atoms with Gasteiger partial charge in [-0.3, -0.25) is 14.7 Å². The summed E-state index contributed by atoms with van der Waals surface area (Å²) in [4.78, 5) is 21.1. The lowest BCUT2D eigenvalue weighted by molar-refractivity contribution is -0.139. The predicted octanol–water partition coefficient (Wildman–Crippen LogP) is 0.131. The highest BCUT2D eigenvalue weighted by molar-refractivity contribution is 6.01. The highest BCUT2D eigenvalue weighted by Crippen LogP contribution is 2.08. The molecule has 1 rings (SSSR count). The van der Waals surface area contributed by atoms with Crippen molar-refractivity contribution in [2.45, 2.75) is 13.3 Å². The fourth-order valence-electron chi connectivity index (χ4n) is 0.794. The zero-order valence-electron chi connectivity index (χ0n) is 7.00. The van der Waals surface area contributed by atoms with Crippen molar-refractivity contribution in [3.8, 4) is 0 Å². The molecule has 0 bridgehead atoms. The largest absolute Gasteiger partial charge is 0.481 e. The van der Waals surface area contributed by atoms with E-state index < -0.39 is 18.3 Å². The highest BCUT2D eigenvalue weighted by Gasteiger charge is 2.09. The van der Waals surface area contributed by atoms with Crippen molar-refractivity contribution in [1.29, 1.82) is 0 Å². The van der Waals surface area contributed by atoms with Crippen LogP contribution in [0.4, 0.5) is 5.82 Å². The van der Waals surface area contributed by atoms with Crippen LogP contribution in [-0.4, -0.2) is 27.2 Å². The highest BCUT2D eigenvalue weighted by atomic mass is 16.4. The Balaban J connectivity index is 2.55. The molecule has 0 unspecified atom stereocenters. The SMILES string of the molecule is Cc1cn[nH]c1NC(=O)CC(=O)O. The maximum absolute atomic E-state index is 10.9. The van der Waals surface area contributed by atoms with E-state index in [0.29, 0.717) is 5.82 Å². The van der Waals surface area contributed by atoms with E-state index in [0.717, 1.165) is 5.56 Å². The van der Waals surface area contributed by atoms with Crippen LogP contribution >= 0.6 is 0 Å². The second kappa shape index (κ2) is 3.70. The van der Waals surface area contributed by atoms with Crippen LogP contribution in [0.5, 0.6) is 0 Å². The average Bonchev–Trinajstić information content (AvgIpc) is 2.34. The molecule has 0 fully saturated rings. The number of anilines is 1. The van der Waals surface area contributed by atoms with Crippen molar-refractivity contribution < 1.29 is 14.7 Å². The number of aromatic amines is 1. The summed E-state index contributed by atoms with van der Waals surface area (Å²) in [6.45, 7) is 1.75. The van der Waals surface area contributed by atoms with Crippen molar-refractivity contribution in [3.05, 3.63) is 11.8 Å². The molecule has 3 N–H and O–H groups in total. The van der Waals surface area contributed by atoms with Crippen LogP contribution in [0.15, 0.2) is 6.20 Å². The van der Waals surface area contributed by atoms with Crippen molar-refractivity contribution in [1.82, 2.24) is 10.2 Å². The Labute approximate surface area is 74.0 Å². The van der Waals surface area contributed by atoms with Gasteiger partial charge in [0.25, 0.3) is 0 Å². The average molecular weight is 183 g/mol. The fraction of sp³-hybridized carbons (Fsp3) is 0.286. The van der Waals surface area contributed by atoms with Gasteiger partial charge in [0, 0.05) is 5.56 Å². The van der Waals surface area contributed by atoms with Gasteiger partial charge in [-0.05, 0) is 6.92 Å². The van der Waals surface area contributed by atoms with E-state index in [9.17, 15) is 9.59 Å². The van der Waals surface area contributed by atoms with Gasteiger partial charge in [0.05, 0.1) is 6.20 Å². The third-order valence-corrected chi connectivity index (χ3v) is 1.41. The third-order valence-electron chi connectivity index (χ3n) is 1.41. The monoisotopic (exact) mass is 183 g/mol. The minimum atomic E-state index is -1.16. The second-order valence-electron chi connectivity index (χ2n) is 2.55. The molecule has 0 aliphatic carbocycles. The van der Waals surface area contributed by atoms with Crippen molar-refractivity contribution >= 4 is 17.7 Å². The van der Waals surface area contributed by atoms with E-state index >= 15 is 0 Å². The molecule has 6 heteroatoms. The minimum absolute atomic E-state index is 0.436. The predicted molar refractivity (Wildman–Crippen MR) is 44.2 cm³/mol. The zero-order valence-corrected chi connectivity index (χ0v) is 7.00. The van der Waals surface area contributed by atoms with Gasteiger partial charge in [-0.1, -0.05) is 0 Å². The first kappa shape index (κ1) is 9.24. The number of amides is 1. The molecule has 1 aromatic heterocycles. The molecule has 1 amide bonds. The number of carboxylic acids is 1. The van der Waals surface area contributed by atoms with Crippen molar-refractivity contribution in [3.63, 3.8) is 0 Å². The first-order valence-corrected chi connectivity index (χ1v) is 3.61. The maximum Gasteiger partial charge on any atom is 0.312 e. The number of hydrogen-bond donors (Lipinski definition) is 3. The number of carboxylic acid groups (broad SMARTS) is 1. The molecule has 70 valence electrons. The van der Waals surface area contributed by atoms with Gasteiger partial charge in [0.15, 0.2) is 0 Å². The molecular weight excluding hydrogens is 174 g/mol. The van der Waals surface area contributed by atoms with Crippen LogP contribution in [0, 0.1) is 6.92 Å². The van der Waals surface area contributed by atoms with Crippen molar-refractivity contribution in [2.75, 3.05) is 5.32 Å². The topological polar surface area (TPSA) is 95.1 Å². The number of hydrogen-bond acceptors (Lipinski definition) is 3. The van der Waals surface area contributed by atoms with Gasteiger partial charge >= 0.3 is 5.97 Å². The summed E-state index contributed by atoms with van der Waals surface area (Å²) < 4.78 is 0. The number of rotatable bonds is 3. The Morgan fingerprint density at radius 1 is 1.69 bits per heavy atom. The molecule has 13 heavy (non-hydrogen) atoms. The van der Waals surface area contributed by atoms with Gasteiger partial charge in [-0.15, -0.1) is 0 Å². The van der Waals surface area contributed by atoms with Gasteiger partial charge in [-0.2, -0.15) is 5.10 Å². The summed E-state index contributed by atoms with van der Waals surface area (Å²) in [7, 11) is 0. The normalized spacial score (nSPS) is 9.62. The Morgan fingerprint density at radius 3 is 2.85 bits per heavy atom. The molecule has 6 nitrogen and oxygen atoms in total. The number of carbonyl (C=O) groups is 2. The molecule has 0 atom stereocenters. The number of aromatic nitrogens is 2. The number of carbonyl (C=O) groups excluding carboxylic acids is 1. The molecule has 0 aromatic carbocycles. The molecule has 0 radical (unpaired) electrons. The van der Waals surface area contributed by atoms with Crippen molar-refractivity contribution in [2.24, 2.45) is 0 Å². The van der Waals surface area contributed by atoms with Crippen LogP contribution in [0.2, 0.25) is 0 Å². The Bertz CT molecular complexity index is 331. The molecule has 0 aliphatic heterocycles. The summed E-state index contributed by atoms with van der Waals surface area (Å²) in [6, 6.07) is 0. The second-order valence-corrected chi connectivity index (χ2v) is 2.55. The Hall–Kier alpha value is -1.85. The molecule has 1 aromatic rings. The molecular formula is C7H9N3O3. The maximum atomic E-state index is 10.9. The molecule has 0 saturated carbocycles. The molecule has 1 heterocycles. The van der Waals surface area contributed by atoms with E-state index in [1.54, 1.807) is 6.92 Å². The summed E-state index contributed by atoms with van der Waals surface area (Å²) in [6.07, 6.45) is 0.995. The first-order valence-electron chi connectivity index (χ1n) is 3.61. The lowest BCUT2D eigenvalue weighted by Gasteiger charge is -2.00. The van der Waals surface area contributed by atoms with E-state index in [1.165, 1.54) is 6.20 Å². The molecule has 0 aliphatic rings. The lowest BCUT2D eigenvalue weighted by atomic mass is 10.3. The van der Waals surface area contributed by atoms with Crippen LogP contribution in [-0.2, 0) is 9.59 Å². The van der Waals surface area contributed by atoms with E-state index in [2.05, 4.69) is 15.5 Å². The van der Waals surface area contributed by atoms with Crippen LogP contribution < -0.4 is 5.32 Å². The van der Waals surface area contributed by atoms with Gasteiger partial charge in [0.1, 0.15) is 12.2 Å². The molecule has 0 saturated heterocycles. The van der Waals surface area contributed by atoms with Gasteiger partial charge in [0.2, 0.25) is 5.91 Å². The number of aryl methyl sites for hydroxylation is 1. The summed E-state index contributed by atoms with van der Waals surface area (Å²) in [5.74, 6) is -1.29. The van der Waals surface area contributed by atoms with Gasteiger partial charge in [-0.25, -0.2) is 0 Å².